The van der Waals surface area contributed by atoms with E-state index in [9.17, 15) is 4.39 Å². The Morgan fingerprint density at radius 3 is 2.05 bits per heavy atom. The van der Waals surface area contributed by atoms with Crippen molar-refractivity contribution in [3.05, 3.63) is 71.5 Å². The molecule has 1 unspecified atom stereocenters. The summed E-state index contributed by atoms with van der Waals surface area (Å²) in [7, 11) is 0. The molecule has 1 atom stereocenters. The number of rotatable bonds is 6. The Hall–Kier alpha value is -1.67. The maximum atomic E-state index is 13.0. The molecule has 112 valence electrons. The van der Waals surface area contributed by atoms with Crippen molar-refractivity contribution in [1.29, 1.82) is 0 Å². The van der Waals surface area contributed by atoms with Crippen LogP contribution in [0.5, 0.6) is 0 Å². The van der Waals surface area contributed by atoms with Crippen LogP contribution in [0.25, 0.3) is 0 Å². The van der Waals surface area contributed by atoms with Crippen molar-refractivity contribution in [2.45, 2.75) is 44.6 Å². The van der Waals surface area contributed by atoms with Gasteiger partial charge in [0.05, 0.1) is 0 Å². The molecule has 2 heteroatoms. The van der Waals surface area contributed by atoms with Crippen LogP contribution in [0.1, 0.15) is 37.8 Å². The largest absolute Gasteiger partial charge is 0.327 e. The molecule has 0 fully saturated rings. The minimum absolute atomic E-state index is 0.0142. The van der Waals surface area contributed by atoms with Crippen molar-refractivity contribution < 1.29 is 4.39 Å². The second-order valence-electron chi connectivity index (χ2n) is 5.67. The van der Waals surface area contributed by atoms with E-state index in [1.807, 2.05) is 18.2 Å². The Labute approximate surface area is 127 Å². The lowest BCUT2D eigenvalue weighted by atomic mass is 9.69. The zero-order valence-corrected chi connectivity index (χ0v) is 12.9. The number of benzene rings is 2. The standard InChI is InChI=1S/C19H24FN/c1-3-19(4-2,16-8-6-5-7-9-16)18(21)14-15-10-12-17(20)13-11-15/h5-13,18H,3-4,14,21H2,1-2H3. The Kier molecular flexibility index (Phi) is 5.13. The van der Waals surface area contributed by atoms with Gasteiger partial charge in [0.15, 0.2) is 0 Å². The van der Waals surface area contributed by atoms with Gasteiger partial charge in [-0.25, -0.2) is 4.39 Å². The lowest BCUT2D eigenvalue weighted by Gasteiger charge is -2.38. The van der Waals surface area contributed by atoms with Crippen LogP contribution in [0.3, 0.4) is 0 Å². The average Bonchev–Trinajstić information content (AvgIpc) is 2.52. The maximum Gasteiger partial charge on any atom is 0.123 e. The highest BCUT2D eigenvalue weighted by molar-refractivity contribution is 5.29. The smallest absolute Gasteiger partial charge is 0.123 e. The Bertz CT molecular complexity index is 544. The van der Waals surface area contributed by atoms with E-state index < -0.39 is 0 Å². The predicted molar refractivity (Wildman–Crippen MR) is 86.8 cm³/mol. The Morgan fingerprint density at radius 1 is 0.952 bits per heavy atom. The van der Waals surface area contributed by atoms with Crippen molar-refractivity contribution in [1.82, 2.24) is 0 Å². The van der Waals surface area contributed by atoms with E-state index in [2.05, 4.69) is 38.1 Å². The van der Waals surface area contributed by atoms with Gasteiger partial charge in [0.1, 0.15) is 5.82 Å². The number of nitrogens with two attached hydrogens (primary N) is 1. The Balaban J connectivity index is 2.27. The van der Waals surface area contributed by atoms with E-state index in [0.29, 0.717) is 0 Å². The quantitative estimate of drug-likeness (QED) is 0.833. The molecule has 0 aromatic heterocycles. The molecule has 0 radical (unpaired) electrons. The molecule has 1 nitrogen and oxygen atoms in total. The fraction of sp³-hybridized carbons (Fsp3) is 0.368. The molecule has 0 aliphatic carbocycles. The van der Waals surface area contributed by atoms with E-state index in [4.69, 9.17) is 5.73 Å². The summed E-state index contributed by atoms with van der Waals surface area (Å²) in [4.78, 5) is 0. The first-order valence-electron chi connectivity index (χ1n) is 7.68. The topological polar surface area (TPSA) is 26.0 Å². The number of hydrogen-bond donors (Lipinski definition) is 1. The van der Waals surface area contributed by atoms with Crippen LogP contribution < -0.4 is 5.73 Å². The van der Waals surface area contributed by atoms with Crippen LogP contribution in [0, 0.1) is 5.82 Å². The van der Waals surface area contributed by atoms with E-state index in [-0.39, 0.29) is 17.3 Å². The summed E-state index contributed by atoms with van der Waals surface area (Å²) in [5.41, 5.74) is 8.94. The number of halogens is 1. The Morgan fingerprint density at radius 2 is 1.52 bits per heavy atom. The molecule has 0 spiro atoms. The van der Waals surface area contributed by atoms with E-state index in [1.165, 1.54) is 17.7 Å². The van der Waals surface area contributed by atoms with Gasteiger partial charge < -0.3 is 5.73 Å². The molecule has 0 aliphatic heterocycles. The fourth-order valence-electron chi connectivity index (χ4n) is 3.24. The summed E-state index contributed by atoms with van der Waals surface area (Å²) in [5, 5.41) is 0. The molecule has 0 heterocycles. The van der Waals surface area contributed by atoms with E-state index in [0.717, 1.165) is 24.8 Å². The number of hydrogen-bond acceptors (Lipinski definition) is 1. The minimum atomic E-state index is -0.201. The van der Waals surface area contributed by atoms with Crippen LogP contribution in [-0.2, 0) is 11.8 Å². The molecule has 2 aromatic carbocycles. The highest BCUT2D eigenvalue weighted by atomic mass is 19.1. The highest BCUT2D eigenvalue weighted by Gasteiger charge is 2.34. The predicted octanol–water partition coefficient (Wildman–Crippen LogP) is 4.45. The second kappa shape index (κ2) is 6.86. The molecule has 21 heavy (non-hydrogen) atoms. The third-order valence-electron chi connectivity index (χ3n) is 4.69. The summed E-state index contributed by atoms with van der Waals surface area (Å²) >= 11 is 0. The van der Waals surface area contributed by atoms with Crippen molar-refractivity contribution >= 4 is 0 Å². The van der Waals surface area contributed by atoms with Crippen molar-refractivity contribution in [3.63, 3.8) is 0 Å². The minimum Gasteiger partial charge on any atom is -0.327 e. The summed E-state index contributed by atoms with van der Waals surface area (Å²) < 4.78 is 13.0. The lowest BCUT2D eigenvalue weighted by molar-refractivity contribution is 0.315. The zero-order chi connectivity index (χ0) is 15.3. The summed E-state index contributed by atoms with van der Waals surface area (Å²) in [6, 6.07) is 17.2. The van der Waals surface area contributed by atoms with Gasteiger partial charge in [0, 0.05) is 11.5 Å². The van der Waals surface area contributed by atoms with Crippen LogP contribution >= 0.6 is 0 Å². The summed E-state index contributed by atoms with van der Waals surface area (Å²) in [5.74, 6) is -0.201. The van der Waals surface area contributed by atoms with Crippen LogP contribution in [0.2, 0.25) is 0 Å². The molecule has 0 bridgehead atoms. The molecule has 2 aromatic rings. The van der Waals surface area contributed by atoms with Gasteiger partial charge in [-0.1, -0.05) is 56.3 Å². The maximum absolute atomic E-state index is 13.0. The molecule has 0 saturated carbocycles. The average molecular weight is 285 g/mol. The first-order valence-corrected chi connectivity index (χ1v) is 7.68. The van der Waals surface area contributed by atoms with Gasteiger partial charge in [0.25, 0.3) is 0 Å². The van der Waals surface area contributed by atoms with Crippen LogP contribution in [-0.4, -0.2) is 6.04 Å². The summed E-state index contributed by atoms with van der Waals surface area (Å²) in [6.07, 6.45) is 2.75. The SMILES string of the molecule is CCC(CC)(c1ccccc1)C(N)Cc1ccc(F)cc1. The molecule has 0 saturated heterocycles. The molecule has 2 N–H and O–H groups in total. The molecule has 0 amide bonds. The monoisotopic (exact) mass is 285 g/mol. The third-order valence-corrected chi connectivity index (χ3v) is 4.69. The van der Waals surface area contributed by atoms with Gasteiger partial charge in [-0.05, 0) is 42.5 Å². The fourth-order valence-corrected chi connectivity index (χ4v) is 3.24. The van der Waals surface area contributed by atoms with Crippen molar-refractivity contribution in [2.24, 2.45) is 5.73 Å². The van der Waals surface area contributed by atoms with Gasteiger partial charge in [0.2, 0.25) is 0 Å². The van der Waals surface area contributed by atoms with Crippen LogP contribution in [0.4, 0.5) is 4.39 Å². The van der Waals surface area contributed by atoms with E-state index >= 15 is 0 Å². The zero-order valence-electron chi connectivity index (χ0n) is 12.9. The first-order chi connectivity index (χ1) is 10.1. The van der Waals surface area contributed by atoms with Crippen LogP contribution in [0.15, 0.2) is 54.6 Å². The van der Waals surface area contributed by atoms with E-state index in [1.54, 1.807) is 0 Å². The second-order valence-corrected chi connectivity index (χ2v) is 5.67. The highest BCUT2D eigenvalue weighted by Crippen LogP contribution is 2.35. The third kappa shape index (κ3) is 3.33. The van der Waals surface area contributed by atoms with Gasteiger partial charge in [-0.2, -0.15) is 0 Å². The molecule has 2 rings (SSSR count). The van der Waals surface area contributed by atoms with Gasteiger partial charge >= 0.3 is 0 Å². The van der Waals surface area contributed by atoms with Gasteiger partial charge in [-0.15, -0.1) is 0 Å². The van der Waals surface area contributed by atoms with Crippen molar-refractivity contribution in [3.8, 4) is 0 Å². The van der Waals surface area contributed by atoms with Gasteiger partial charge in [-0.3, -0.25) is 0 Å². The normalized spacial score (nSPS) is 13.1. The summed E-state index contributed by atoms with van der Waals surface area (Å²) in [6.45, 7) is 4.39. The molecule has 0 aliphatic rings. The first kappa shape index (κ1) is 15.7. The van der Waals surface area contributed by atoms with Crippen molar-refractivity contribution in [2.75, 3.05) is 0 Å². The lowest BCUT2D eigenvalue weighted by Crippen LogP contribution is -2.46. The molecular weight excluding hydrogens is 261 g/mol. The molecular formula is C19H24FN.